The molecule has 0 bridgehead atoms. The zero-order chi connectivity index (χ0) is 14.9. The summed E-state index contributed by atoms with van der Waals surface area (Å²) in [5.74, 6) is -0.262. The molecule has 1 fully saturated rings. The molecular formula is C15H19N3O3. The second kappa shape index (κ2) is 5.37. The van der Waals surface area contributed by atoms with Gasteiger partial charge in [-0.15, -0.1) is 0 Å². The van der Waals surface area contributed by atoms with E-state index in [-0.39, 0.29) is 24.7 Å². The van der Waals surface area contributed by atoms with Gasteiger partial charge in [0, 0.05) is 6.54 Å². The van der Waals surface area contributed by atoms with Gasteiger partial charge in [0.2, 0.25) is 5.91 Å². The quantitative estimate of drug-likeness (QED) is 0.776. The lowest BCUT2D eigenvalue weighted by Gasteiger charge is -2.22. The molecule has 0 saturated heterocycles. The number of carbonyl (C=O) groups excluding carboxylic acids is 1. The van der Waals surface area contributed by atoms with Crippen LogP contribution in [0.1, 0.15) is 25.7 Å². The molecule has 3 rings (SSSR count). The van der Waals surface area contributed by atoms with Crippen LogP contribution in [0.15, 0.2) is 29.1 Å². The van der Waals surface area contributed by atoms with Gasteiger partial charge in [-0.25, -0.2) is 4.79 Å². The van der Waals surface area contributed by atoms with Gasteiger partial charge in [-0.1, -0.05) is 25.0 Å². The molecule has 1 aliphatic carbocycles. The van der Waals surface area contributed by atoms with Crippen molar-refractivity contribution in [1.82, 2.24) is 14.9 Å². The fraction of sp³-hybridized carbons (Fsp3) is 0.467. The SMILES string of the molecule is O=C(Cn1c(=O)[nH]c2ccccc21)NCC1(O)CCCC1. The molecule has 2 aromatic rings. The minimum Gasteiger partial charge on any atom is -0.388 e. The van der Waals surface area contributed by atoms with E-state index in [1.165, 1.54) is 4.57 Å². The number of aromatic amines is 1. The van der Waals surface area contributed by atoms with E-state index in [0.717, 1.165) is 25.7 Å². The molecule has 1 aromatic heterocycles. The van der Waals surface area contributed by atoms with Gasteiger partial charge < -0.3 is 15.4 Å². The van der Waals surface area contributed by atoms with Crippen molar-refractivity contribution in [3.63, 3.8) is 0 Å². The topological polar surface area (TPSA) is 87.1 Å². The molecule has 6 nitrogen and oxygen atoms in total. The minimum atomic E-state index is -0.777. The Balaban J connectivity index is 1.69. The highest BCUT2D eigenvalue weighted by Gasteiger charge is 2.31. The first kappa shape index (κ1) is 13.9. The smallest absolute Gasteiger partial charge is 0.326 e. The van der Waals surface area contributed by atoms with Gasteiger partial charge >= 0.3 is 5.69 Å². The second-order valence-corrected chi connectivity index (χ2v) is 5.74. The molecule has 3 N–H and O–H groups in total. The zero-order valence-corrected chi connectivity index (χ0v) is 11.8. The first-order valence-electron chi connectivity index (χ1n) is 7.24. The highest BCUT2D eigenvalue weighted by atomic mass is 16.3. The molecule has 1 heterocycles. The average molecular weight is 289 g/mol. The van der Waals surface area contributed by atoms with E-state index < -0.39 is 5.60 Å². The van der Waals surface area contributed by atoms with Crippen molar-refractivity contribution in [2.75, 3.05) is 6.54 Å². The van der Waals surface area contributed by atoms with Crippen molar-refractivity contribution in [3.05, 3.63) is 34.7 Å². The Morgan fingerprint density at radius 3 is 2.81 bits per heavy atom. The maximum Gasteiger partial charge on any atom is 0.326 e. The minimum absolute atomic E-state index is 0.0427. The summed E-state index contributed by atoms with van der Waals surface area (Å²) < 4.78 is 1.41. The number of aliphatic hydroxyl groups is 1. The molecule has 112 valence electrons. The number of hydrogen-bond donors (Lipinski definition) is 3. The van der Waals surface area contributed by atoms with Crippen LogP contribution in [0.2, 0.25) is 0 Å². The number of rotatable bonds is 4. The van der Waals surface area contributed by atoms with Gasteiger partial charge in [0.1, 0.15) is 6.54 Å². The largest absolute Gasteiger partial charge is 0.388 e. The van der Waals surface area contributed by atoms with E-state index in [0.29, 0.717) is 11.0 Å². The third-order valence-corrected chi connectivity index (χ3v) is 4.13. The van der Waals surface area contributed by atoms with Crippen molar-refractivity contribution in [1.29, 1.82) is 0 Å². The lowest BCUT2D eigenvalue weighted by Crippen LogP contribution is -2.42. The van der Waals surface area contributed by atoms with Crippen molar-refractivity contribution in [2.24, 2.45) is 0 Å². The first-order valence-corrected chi connectivity index (χ1v) is 7.24. The lowest BCUT2D eigenvalue weighted by molar-refractivity contribution is -0.122. The Kier molecular flexibility index (Phi) is 3.55. The van der Waals surface area contributed by atoms with Crippen LogP contribution in [0.25, 0.3) is 11.0 Å². The standard InChI is InChI=1S/C15H19N3O3/c19-13(16-10-15(21)7-3-4-8-15)9-18-12-6-2-1-5-11(12)17-14(18)20/h1-2,5-6,21H,3-4,7-10H2,(H,16,19)(H,17,20). The van der Waals surface area contributed by atoms with E-state index in [2.05, 4.69) is 10.3 Å². The number of hydrogen-bond acceptors (Lipinski definition) is 3. The normalized spacial score (nSPS) is 17.2. The summed E-state index contributed by atoms with van der Waals surface area (Å²) in [5.41, 5.74) is 0.341. The van der Waals surface area contributed by atoms with Crippen molar-refractivity contribution in [2.45, 2.75) is 37.8 Å². The Hall–Kier alpha value is -2.08. The number of nitrogens with zero attached hydrogens (tertiary/aromatic N) is 1. The van der Waals surface area contributed by atoms with Crippen LogP contribution < -0.4 is 11.0 Å². The van der Waals surface area contributed by atoms with Crippen LogP contribution in [0.5, 0.6) is 0 Å². The number of nitrogens with one attached hydrogen (secondary N) is 2. The number of carbonyl (C=O) groups is 1. The molecule has 1 aliphatic rings. The number of H-pyrrole nitrogens is 1. The summed E-state index contributed by atoms with van der Waals surface area (Å²) in [4.78, 5) is 26.6. The molecule has 21 heavy (non-hydrogen) atoms. The number of para-hydroxylation sites is 2. The van der Waals surface area contributed by atoms with E-state index in [9.17, 15) is 14.7 Å². The van der Waals surface area contributed by atoms with E-state index in [4.69, 9.17) is 0 Å². The zero-order valence-electron chi connectivity index (χ0n) is 11.8. The summed E-state index contributed by atoms with van der Waals surface area (Å²) >= 11 is 0. The van der Waals surface area contributed by atoms with E-state index in [1.54, 1.807) is 12.1 Å². The summed E-state index contributed by atoms with van der Waals surface area (Å²) in [5, 5.41) is 12.9. The summed E-state index contributed by atoms with van der Waals surface area (Å²) in [6.45, 7) is 0.210. The Morgan fingerprint density at radius 2 is 2.05 bits per heavy atom. The number of benzene rings is 1. The van der Waals surface area contributed by atoms with Crippen molar-refractivity contribution < 1.29 is 9.90 Å². The average Bonchev–Trinajstić information content (AvgIpc) is 3.03. The van der Waals surface area contributed by atoms with Gasteiger partial charge in [-0.2, -0.15) is 0 Å². The number of amides is 1. The first-order chi connectivity index (χ1) is 10.1. The van der Waals surface area contributed by atoms with Crippen molar-refractivity contribution >= 4 is 16.9 Å². The van der Waals surface area contributed by atoms with Gasteiger partial charge in [0.25, 0.3) is 0 Å². The number of aromatic nitrogens is 2. The predicted octanol–water partition coefficient (Wildman–Crippen LogP) is 0.751. The van der Waals surface area contributed by atoms with E-state index >= 15 is 0 Å². The molecule has 0 radical (unpaired) electrons. The van der Waals surface area contributed by atoms with Crippen LogP contribution in [0.4, 0.5) is 0 Å². The molecular weight excluding hydrogens is 270 g/mol. The Bertz CT molecular complexity index is 710. The van der Waals surface area contributed by atoms with Gasteiger partial charge in [-0.3, -0.25) is 9.36 Å². The highest BCUT2D eigenvalue weighted by molar-refractivity contribution is 5.80. The maximum atomic E-state index is 12.0. The Morgan fingerprint density at radius 1 is 1.33 bits per heavy atom. The summed E-state index contributed by atoms with van der Waals surface area (Å²) in [6.07, 6.45) is 3.43. The van der Waals surface area contributed by atoms with Crippen LogP contribution in [0.3, 0.4) is 0 Å². The van der Waals surface area contributed by atoms with Crippen LogP contribution in [-0.2, 0) is 11.3 Å². The molecule has 0 aliphatic heterocycles. The number of fused-ring (bicyclic) bond motifs is 1. The fourth-order valence-corrected chi connectivity index (χ4v) is 2.94. The molecule has 1 amide bonds. The van der Waals surface area contributed by atoms with E-state index in [1.807, 2.05) is 12.1 Å². The molecule has 1 saturated carbocycles. The number of imidazole rings is 1. The third kappa shape index (κ3) is 2.85. The maximum absolute atomic E-state index is 12.0. The molecule has 0 unspecified atom stereocenters. The second-order valence-electron chi connectivity index (χ2n) is 5.74. The van der Waals surface area contributed by atoms with Crippen LogP contribution >= 0.6 is 0 Å². The van der Waals surface area contributed by atoms with Crippen LogP contribution in [-0.4, -0.2) is 32.7 Å². The molecule has 0 spiro atoms. The lowest BCUT2D eigenvalue weighted by atomic mass is 10.0. The predicted molar refractivity (Wildman–Crippen MR) is 79.0 cm³/mol. The van der Waals surface area contributed by atoms with Gasteiger partial charge in [0.05, 0.1) is 16.6 Å². The fourth-order valence-electron chi connectivity index (χ4n) is 2.94. The molecule has 0 atom stereocenters. The van der Waals surface area contributed by atoms with Crippen LogP contribution in [0, 0.1) is 0 Å². The molecule has 1 aromatic carbocycles. The molecule has 6 heteroatoms. The monoisotopic (exact) mass is 289 g/mol. The summed E-state index contributed by atoms with van der Waals surface area (Å²) in [7, 11) is 0. The third-order valence-electron chi connectivity index (χ3n) is 4.13. The van der Waals surface area contributed by atoms with Crippen molar-refractivity contribution in [3.8, 4) is 0 Å². The highest BCUT2D eigenvalue weighted by Crippen LogP contribution is 2.28. The summed E-state index contributed by atoms with van der Waals surface area (Å²) in [6, 6.07) is 7.25. The Labute approximate surface area is 121 Å². The van der Waals surface area contributed by atoms with Gasteiger partial charge in [0.15, 0.2) is 0 Å². The van der Waals surface area contributed by atoms with Gasteiger partial charge in [-0.05, 0) is 25.0 Å².